The maximum atomic E-state index is 12.9. The van der Waals surface area contributed by atoms with Crippen molar-refractivity contribution in [3.8, 4) is 0 Å². The van der Waals surface area contributed by atoms with Gasteiger partial charge in [-0.05, 0) is 37.5 Å². The van der Waals surface area contributed by atoms with Crippen molar-refractivity contribution < 1.29 is 18.0 Å². The Kier molecular flexibility index (Phi) is 6.19. The van der Waals surface area contributed by atoms with Crippen LogP contribution in [-0.4, -0.2) is 48.0 Å². The van der Waals surface area contributed by atoms with E-state index in [9.17, 15) is 18.0 Å². The van der Waals surface area contributed by atoms with E-state index < -0.39 is 17.6 Å². The molecule has 10 heteroatoms. The Hall–Kier alpha value is -2.91. The van der Waals surface area contributed by atoms with Gasteiger partial charge in [-0.15, -0.1) is 0 Å². The van der Waals surface area contributed by atoms with Crippen LogP contribution in [0.2, 0.25) is 0 Å². The van der Waals surface area contributed by atoms with Gasteiger partial charge in [0.2, 0.25) is 11.9 Å². The standard InChI is InChI=1S/C19H23F3N6O/c1-27(2)17-24-15(25-18(26-17)28-9-4-3-5-10-28)12-23-16(29)13-7-6-8-14(11-13)19(20,21)22/h6-8,11H,3-5,9-10,12H2,1-2H3,(H,23,29). The monoisotopic (exact) mass is 408 g/mol. The minimum absolute atomic E-state index is 0.0146. The number of carbonyl (C=O) groups excluding carboxylic acids is 1. The molecule has 0 unspecified atom stereocenters. The molecule has 0 saturated carbocycles. The SMILES string of the molecule is CN(C)c1nc(CNC(=O)c2cccc(C(F)(F)F)c2)nc(N2CCCCC2)n1. The molecule has 2 aromatic rings. The lowest BCUT2D eigenvalue weighted by atomic mass is 10.1. The van der Waals surface area contributed by atoms with Crippen molar-refractivity contribution >= 4 is 17.8 Å². The highest BCUT2D eigenvalue weighted by Gasteiger charge is 2.30. The van der Waals surface area contributed by atoms with E-state index in [1.807, 2.05) is 0 Å². The quantitative estimate of drug-likeness (QED) is 0.820. The summed E-state index contributed by atoms with van der Waals surface area (Å²) in [6.45, 7) is 1.69. The molecule has 1 aliphatic heterocycles. The van der Waals surface area contributed by atoms with E-state index in [1.54, 1.807) is 19.0 Å². The molecule has 0 radical (unpaired) electrons. The molecule has 1 aromatic heterocycles. The molecule has 1 fully saturated rings. The minimum Gasteiger partial charge on any atom is -0.347 e. The predicted octanol–water partition coefficient (Wildman–Crippen LogP) is 2.88. The Balaban J connectivity index is 1.75. The second-order valence-electron chi connectivity index (χ2n) is 7.06. The second-order valence-corrected chi connectivity index (χ2v) is 7.06. The fourth-order valence-corrected chi connectivity index (χ4v) is 3.01. The third kappa shape index (κ3) is 5.33. The number of amides is 1. The van der Waals surface area contributed by atoms with Crippen LogP contribution in [0.25, 0.3) is 0 Å². The van der Waals surface area contributed by atoms with Crippen molar-refractivity contribution in [2.75, 3.05) is 37.0 Å². The van der Waals surface area contributed by atoms with E-state index in [1.165, 1.54) is 18.6 Å². The average molecular weight is 408 g/mol. The first kappa shape index (κ1) is 20.8. The van der Waals surface area contributed by atoms with Crippen molar-refractivity contribution in [3.63, 3.8) is 0 Å². The maximum absolute atomic E-state index is 12.9. The van der Waals surface area contributed by atoms with Gasteiger partial charge in [0.25, 0.3) is 5.91 Å². The number of alkyl halides is 3. The first-order valence-electron chi connectivity index (χ1n) is 9.37. The van der Waals surface area contributed by atoms with Crippen molar-refractivity contribution in [2.24, 2.45) is 0 Å². The van der Waals surface area contributed by atoms with Crippen molar-refractivity contribution in [2.45, 2.75) is 32.0 Å². The van der Waals surface area contributed by atoms with Crippen LogP contribution >= 0.6 is 0 Å². The summed E-state index contributed by atoms with van der Waals surface area (Å²) in [4.78, 5) is 29.4. The van der Waals surface area contributed by atoms with E-state index >= 15 is 0 Å². The fourth-order valence-electron chi connectivity index (χ4n) is 3.01. The summed E-state index contributed by atoms with van der Waals surface area (Å²) in [5.74, 6) is 0.739. The molecule has 7 nitrogen and oxygen atoms in total. The Labute approximate surface area is 167 Å². The number of benzene rings is 1. The van der Waals surface area contributed by atoms with Gasteiger partial charge in [-0.2, -0.15) is 28.1 Å². The largest absolute Gasteiger partial charge is 0.416 e. The Morgan fingerprint density at radius 3 is 2.52 bits per heavy atom. The zero-order valence-corrected chi connectivity index (χ0v) is 16.3. The molecule has 1 aromatic carbocycles. The van der Waals surface area contributed by atoms with Gasteiger partial charge in [-0.25, -0.2) is 0 Å². The highest BCUT2D eigenvalue weighted by Crippen LogP contribution is 2.29. The van der Waals surface area contributed by atoms with E-state index in [4.69, 9.17) is 0 Å². The molecule has 156 valence electrons. The van der Waals surface area contributed by atoms with Crippen LogP contribution in [0.4, 0.5) is 25.1 Å². The van der Waals surface area contributed by atoms with Crippen molar-refractivity contribution in [3.05, 3.63) is 41.2 Å². The Morgan fingerprint density at radius 2 is 1.86 bits per heavy atom. The predicted molar refractivity (Wildman–Crippen MR) is 103 cm³/mol. The molecular formula is C19H23F3N6O. The molecule has 2 heterocycles. The number of aromatic nitrogens is 3. The molecule has 1 N–H and O–H groups in total. The van der Waals surface area contributed by atoms with Gasteiger partial charge < -0.3 is 15.1 Å². The maximum Gasteiger partial charge on any atom is 0.416 e. The molecule has 0 aliphatic carbocycles. The van der Waals surface area contributed by atoms with Crippen LogP contribution in [0.1, 0.15) is 41.0 Å². The first-order chi connectivity index (χ1) is 13.7. The summed E-state index contributed by atoms with van der Waals surface area (Å²) >= 11 is 0. The molecule has 29 heavy (non-hydrogen) atoms. The zero-order chi connectivity index (χ0) is 21.0. The molecule has 1 saturated heterocycles. The number of hydrogen-bond acceptors (Lipinski definition) is 6. The molecule has 3 rings (SSSR count). The van der Waals surface area contributed by atoms with Crippen LogP contribution in [0.5, 0.6) is 0 Å². The van der Waals surface area contributed by atoms with E-state index in [-0.39, 0.29) is 12.1 Å². The number of rotatable bonds is 5. The highest BCUT2D eigenvalue weighted by atomic mass is 19.4. The second kappa shape index (κ2) is 8.62. The third-order valence-electron chi connectivity index (χ3n) is 4.56. The van der Waals surface area contributed by atoms with E-state index in [2.05, 4.69) is 25.2 Å². The first-order valence-corrected chi connectivity index (χ1v) is 9.37. The summed E-state index contributed by atoms with van der Waals surface area (Å²) in [6, 6.07) is 4.30. The fraction of sp³-hybridized carbons (Fsp3) is 0.474. The smallest absolute Gasteiger partial charge is 0.347 e. The van der Waals surface area contributed by atoms with Gasteiger partial charge in [0, 0.05) is 32.7 Å². The number of piperidine rings is 1. The lowest BCUT2D eigenvalue weighted by Gasteiger charge is -2.27. The summed E-state index contributed by atoms with van der Waals surface area (Å²) in [6.07, 6.45) is -1.22. The Bertz CT molecular complexity index is 865. The van der Waals surface area contributed by atoms with E-state index in [0.717, 1.165) is 38.1 Å². The minimum atomic E-state index is -4.51. The molecule has 0 atom stereocenters. The lowest BCUT2D eigenvalue weighted by Crippen LogP contribution is -2.33. The zero-order valence-electron chi connectivity index (χ0n) is 16.3. The van der Waals surface area contributed by atoms with Crippen LogP contribution in [0.15, 0.2) is 24.3 Å². The van der Waals surface area contributed by atoms with E-state index in [0.29, 0.717) is 17.7 Å². The normalized spacial score (nSPS) is 14.6. The topological polar surface area (TPSA) is 74.2 Å². The summed E-state index contributed by atoms with van der Waals surface area (Å²) in [7, 11) is 3.61. The average Bonchev–Trinajstić information content (AvgIpc) is 2.72. The van der Waals surface area contributed by atoms with Gasteiger partial charge >= 0.3 is 6.18 Å². The van der Waals surface area contributed by atoms with Gasteiger partial charge in [0.05, 0.1) is 12.1 Å². The number of nitrogens with zero attached hydrogens (tertiary/aromatic N) is 5. The molecule has 1 amide bonds. The van der Waals surface area contributed by atoms with Crippen LogP contribution in [-0.2, 0) is 12.7 Å². The van der Waals surface area contributed by atoms with Gasteiger partial charge in [-0.3, -0.25) is 4.79 Å². The Morgan fingerprint density at radius 1 is 1.14 bits per heavy atom. The number of halogens is 3. The molecular weight excluding hydrogens is 385 g/mol. The van der Waals surface area contributed by atoms with Crippen LogP contribution < -0.4 is 15.1 Å². The number of nitrogens with one attached hydrogen (secondary N) is 1. The molecule has 0 bridgehead atoms. The molecule has 1 aliphatic rings. The van der Waals surface area contributed by atoms with Gasteiger partial charge in [-0.1, -0.05) is 6.07 Å². The lowest BCUT2D eigenvalue weighted by molar-refractivity contribution is -0.137. The molecule has 0 spiro atoms. The van der Waals surface area contributed by atoms with Crippen LogP contribution in [0, 0.1) is 0 Å². The van der Waals surface area contributed by atoms with Crippen molar-refractivity contribution in [1.82, 2.24) is 20.3 Å². The van der Waals surface area contributed by atoms with Crippen LogP contribution in [0.3, 0.4) is 0 Å². The highest BCUT2D eigenvalue weighted by molar-refractivity contribution is 5.94. The number of hydrogen-bond donors (Lipinski definition) is 1. The summed E-state index contributed by atoms with van der Waals surface area (Å²) < 4.78 is 38.6. The van der Waals surface area contributed by atoms with Crippen molar-refractivity contribution in [1.29, 1.82) is 0 Å². The summed E-state index contributed by atoms with van der Waals surface area (Å²) in [5.41, 5.74) is -0.939. The summed E-state index contributed by atoms with van der Waals surface area (Å²) in [5, 5.41) is 2.59. The number of anilines is 2. The third-order valence-corrected chi connectivity index (χ3v) is 4.56. The number of carbonyl (C=O) groups is 1. The van der Waals surface area contributed by atoms with Gasteiger partial charge in [0.15, 0.2) is 5.82 Å². The van der Waals surface area contributed by atoms with Gasteiger partial charge in [0.1, 0.15) is 0 Å².